The van der Waals surface area contributed by atoms with E-state index in [-0.39, 0.29) is 11.5 Å². The summed E-state index contributed by atoms with van der Waals surface area (Å²) in [5.74, 6) is 0.569. The SMILES string of the molecule is O=C(CCc1nc2sc3c(c2c(=O)[nH]1)CCCC3)NCCCn1cnc2ccccc21. The third-order valence-corrected chi connectivity index (χ3v) is 7.07. The van der Waals surface area contributed by atoms with Crippen LogP contribution < -0.4 is 10.9 Å². The van der Waals surface area contributed by atoms with Crippen LogP contribution in [0.5, 0.6) is 0 Å². The number of rotatable bonds is 7. The number of aromatic nitrogens is 4. The molecule has 8 heteroatoms. The number of nitrogens with zero attached hydrogens (tertiary/aromatic N) is 3. The van der Waals surface area contributed by atoms with Crippen molar-refractivity contribution >= 4 is 38.5 Å². The molecule has 0 saturated carbocycles. The Kier molecular flexibility index (Phi) is 5.55. The molecule has 0 saturated heterocycles. The van der Waals surface area contributed by atoms with Crippen LogP contribution in [0.3, 0.4) is 0 Å². The molecular weight excluding hydrogens is 410 g/mol. The molecule has 5 rings (SSSR count). The van der Waals surface area contributed by atoms with Crippen molar-refractivity contribution in [2.24, 2.45) is 0 Å². The number of fused-ring (bicyclic) bond motifs is 4. The van der Waals surface area contributed by atoms with Gasteiger partial charge in [-0.3, -0.25) is 9.59 Å². The second-order valence-electron chi connectivity index (χ2n) is 8.03. The molecule has 1 aliphatic rings. The third kappa shape index (κ3) is 4.12. The molecule has 1 amide bonds. The van der Waals surface area contributed by atoms with Gasteiger partial charge in [-0.05, 0) is 49.8 Å². The summed E-state index contributed by atoms with van der Waals surface area (Å²) in [5.41, 5.74) is 3.22. The minimum absolute atomic E-state index is 0.0243. The number of carbonyl (C=O) groups excluding carboxylic acids is 1. The van der Waals surface area contributed by atoms with E-state index in [9.17, 15) is 9.59 Å². The minimum atomic E-state index is -0.0626. The number of aryl methyl sites for hydroxylation is 4. The Morgan fingerprint density at radius 3 is 3.03 bits per heavy atom. The zero-order valence-electron chi connectivity index (χ0n) is 17.3. The van der Waals surface area contributed by atoms with Gasteiger partial charge >= 0.3 is 0 Å². The number of hydrogen-bond acceptors (Lipinski definition) is 5. The van der Waals surface area contributed by atoms with E-state index >= 15 is 0 Å². The Morgan fingerprint density at radius 1 is 1.23 bits per heavy atom. The molecule has 4 aromatic rings. The maximum Gasteiger partial charge on any atom is 0.259 e. The summed E-state index contributed by atoms with van der Waals surface area (Å²) in [6.45, 7) is 1.40. The molecule has 1 aliphatic carbocycles. The van der Waals surface area contributed by atoms with E-state index in [1.165, 1.54) is 16.9 Å². The number of amides is 1. The third-order valence-electron chi connectivity index (χ3n) is 5.89. The van der Waals surface area contributed by atoms with E-state index in [2.05, 4.69) is 30.9 Å². The lowest BCUT2D eigenvalue weighted by atomic mass is 9.97. The van der Waals surface area contributed by atoms with E-state index in [4.69, 9.17) is 0 Å². The lowest BCUT2D eigenvalue weighted by Crippen LogP contribution is -2.26. The largest absolute Gasteiger partial charge is 0.356 e. The first-order chi connectivity index (χ1) is 15.2. The Morgan fingerprint density at radius 2 is 2.10 bits per heavy atom. The first kappa shape index (κ1) is 19.9. The summed E-state index contributed by atoms with van der Waals surface area (Å²) in [4.78, 5) is 38.9. The molecule has 160 valence electrons. The van der Waals surface area contributed by atoms with Crippen LogP contribution in [0, 0.1) is 0 Å². The van der Waals surface area contributed by atoms with Crippen LogP contribution >= 0.6 is 11.3 Å². The second-order valence-corrected chi connectivity index (χ2v) is 9.12. The van der Waals surface area contributed by atoms with Gasteiger partial charge in [0.05, 0.1) is 22.7 Å². The molecule has 0 fully saturated rings. The molecule has 0 radical (unpaired) electrons. The summed E-state index contributed by atoms with van der Waals surface area (Å²) < 4.78 is 2.10. The first-order valence-corrected chi connectivity index (χ1v) is 11.7. The van der Waals surface area contributed by atoms with Gasteiger partial charge in [-0.15, -0.1) is 11.3 Å². The molecular formula is C23H25N5O2S. The molecule has 3 heterocycles. The summed E-state index contributed by atoms with van der Waals surface area (Å²) in [7, 11) is 0. The van der Waals surface area contributed by atoms with Crippen molar-refractivity contribution in [2.45, 2.75) is 51.5 Å². The van der Waals surface area contributed by atoms with Crippen LogP contribution in [0.1, 0.15) is 41.9 Å². The molecule has 31 heavy (non-hydrogen) atoms. The van der Waals surface area contributed by atoms with Crippen LogP contribution in [0.4, 0.5) is 0 Å². The Balaban J connectivity index is 1.14. The van der Waals surface area contributed by atoms with Crippen LogP contribution in [0.2, 0.25) is 0 Å². The molecule has 0 bridgehead atoms. The van der Waals surface area contributed by atoms with Gasteiger partial charge < -0.3 is 14.9 Å². The molecule has 0 spiro atoms. The summed E-state index contributed by atoms with van der Waals surface area (Å²) in [6, 6.07) is 8.03. The van der Waals surface area contributed by atoms with E-state index < -0.39 is 0 Å². The Labute approximate surface area is 183 Å². The van der Waals surface area contributed by atoms with E-state index in [1.54, 1.807) is 11.3 Å². The van der Waals surface area contributed by atoms with Crippen LogP contribution in [0.15, 0.2) is 35.4 Å². The van der Waals surface area contributed by atoms with E-state index in [1.807, 2.05) is 24.5 Å². The van der Waals surface area contributed by atoms with Crippen molar-refractivity contribution in [1.29, 1.82) is 0 Å². The van der Waals surface area contributed by atoms with E-state index in [0.29, 0.717) is 25.2 Å². The quantitative estimate of drug-likeness (QED) is 0.436. The highest BCUT2D eigenvalue weighted by Crippen LogP contribution is 2.33. The maximum absolute atomic E-state index is 12.6. The van der Waals surface area contributed by atoms with Crippen molar-refractivity contribution in [3.8, 4) is 0 Å². The molecule has 2 N–H and O–H groups in total. The average molecular weight is 436 g/mol. The predicted molar refractivity (Wildman–Crippen MR) is 123 cm³/mol. The van der Waals surface area contributed by atoms with Gasteiger partial charge in [0.25, 0.3) is 5.56 Å². The number of carbonyl (C=O) groups is 1. The zero-order chi connectivity index (χ0) is 21.2. The Bertz CT molecular complexity index is 1300. The van der Waals surface area contributed by atoms with Crippen molar-refractivity contribution in [3.63, 3.8) is 0 Å². The van der Waals surface area contributed by atoms with Crippen LogP contribution in [-0.4, -0.2) is 32.0 Å². The fourth-order valence-corrected chi connectivity index (χ4v) is 5.59. The van der Waals surface area contributed by atoms with Gasteiger partial charge in [-0.1, -0.05) is 12.1 Å². The smallest absolute Gasteiger partial charge is 0.259 e. The van der Waals surface area contributed by atoms with Gasteiger partial charge in [-0.25, -0.2) is 9.97 Å². The molecule has 0 atom stereocenters. The van der Waals surface area contributed by atoms with Gasteiger partial charge in [0.15, 0.2) is 0 Å². The van der Waals surface area contributed by atoms with Crippen LogP contribution in [-0.2, 0) is 30.6 Å². The summed E-state index contributed by atoms with van der Waals surface area (Å²) in [6.07, 6.45) is 7.75. The summed E-state index contributed by atoms with van der Waals surface area (Å²) >= 11 is 1.64. The number of benzene rings is 1. The van der Waals surface area contributed by atoms with E-state index in [0.717, 1.165) is 53.5 Å². The molecule has 1 aromatic carbocycles. The van der Waals surface area contributed by atoms with Gasteiger partial charge in [-0.2, -0.15) is 0 Å². The standard InChI is InChI=1S/C23H25N5O2S/c29-20(24-12-5-13-28-14-25-16-7-2-3-8-17(16)28)11-10-19-26-22(30)21-15-6-1-4-9-18(15)31-23(21)27-19/h2-3,7-8,14H,1,4-6,9-13H2,(H,24,29)(H,26,27,30). The number of aromatic amines is 1. The second kappa shape index (κ2) is 8.63. The fraction of sp³-hybridized carbons (Fsp3) is 0.391. The number of para-hydroxylation sites is 2. The fourth-order valence-electron chi connectivity index (χ4n) is 4.31. The number of hydrogen-bond donors (Lipinski definition) is 2. The van der Waals surface area contributed by atoms with Gasteiger partial charge in [0.2, 0.25) is 5.91 Å². The van der Waals surface area contributed by atoms with Crippen molar-refractivity contribution in [3.05, 3.63) is 57.2 Å². The topological polar surface area (TPSA) is 92.7 Å². The highest BCUT2D eigenvalue weighted by Gasteiger charge is 2.19. The summed E-state index contributed by atoms with van der Waals surface area (Å²) in [5, 5.41) is 3.73. The number of thiophene rings is 1. The minimum Gasteiger partial charge on any atom is -0.356 e. The highest BCUT2D eigenvalue weighted by atomic mass is 32.1. The zero-order valence-corrected chi connectivity index (χ0v) is 18.1. The molecule has 0 unspecified atom stereocenters. The molecule has 3 aromatic heterocycles. The average Bonchev–Trinajstić information content (AvgIpc) is 3.36. The monoisotopic (exact) mass is 435 g/mol. The first-order valence-electron chi connectivity index (χ1n) is 10.9. The van der Waals surface area contributed by atoms with Crippen molar-refractivity contribution in [2.75, 3.05) is 6.54 Å². The number of H-pyrrole nitrogens is 1. The van der Waals surface area contributed by atoms with Crippen molar-refractivity contribution < 1.29 is 4.79 Å². The van der Waals surface area contributed by atoms with Gasteiger partial charge in [0, 0.05) is 30.8 Å². The predicted octanol–water partition coefficient (Wildman–Crippen LogP) is 3.35. The Hall–Kier alpha value is -3.00. The molecule has 7 nitrogen and oxygen atoms in total. The number of imidazole rings is 1. The van der Waals surface area contributed by atoms with Gasteiger partial charge in [0.1, 0.15) is 10.7 Å². The van der Waals surface area contributed by atoms with Crippen molar-refractivity contribution in [1.82, 2.24) is 24.8 Å². The normalized spacial score (nSPS) is 13.5. The molecule has 0 aliphatic heterocycles. The highest BCUT2D eigenvalue weighted by molar-refractivity contribution is 7.18. The lowest BCUT2D eigenvalue weighted by Gasteiger charge is -2.09. The number of nitrogens with one attached hydrogen (secondary N) is 2. The maximum atomic E-state index is 12.6. The van der Waals surface area contributed by atoms with Crippen LogP contribution in [0.25, 0.3) is 21.3 Å². The lowest BCUT2D eigenvalue weighted by molar-refractivity contribution is -0.121.